The summed E-state index contributed by atoms with van der Waals surface area (Å²) in [5.74, 6) is -1.99. The van der Waals surface area contributed by atoms with Crippen LogP contribution in [-0.2, 0) is 11.2 Å². The van der Waals surface area contributed by atoms with Gasteiger partial charge in [0.2, 0.25) is 5.91 Å². The maximum atomic E-state index is 13.5. The molecule has 13 heteroatoms. The maximum Gasteiger partial charge on any atom is 0.342 e. The number of urea groups is 1. The Morgan fingerprint density at radius 1 is 1.34 bits per heavy atom. The van der Waals surface area contributed by atoms with Crippen LogP contribution in [0.1, 0.15) is 47.3 Å². The molecule has 1 saturated heterocycles. The molecule has 0 spiro atoms. The highest BCUT2D eigenvalue weighted by Gasteiger charge is 2.34. The normalized spacial score (nSPS) is 16.3. The van der Waals surface area contributed by atoms with Gasteiger partial charge >= 0.3 is 12.0 Å². The van der Waals surface area contributed by atoms with Gasteiger partial charge in [-0.15, -0.1) is 0 Å². The minimum absolute atomic E-state index is 0.139. The summed E-state index contributed by atoms with van der Waals surface area (Å²) in [5.41, 5.74) is -0.000978. The number of halogens is 1. The number of ether oxygens (including phenoxy) is 1. The quantitative estimate of drug-likeness (QED) is 0.233. The molecule has 2 aromatic carbocycles. The van der Waals surface area contributed by atoms with Crippen molar-refractivity contribution in [2.24, 2.45) is 5.92 Å². The first-order valence-electron chi connectivity index (χ1n) is 11.8. The first-order chi connectivity index (χ1) is 18.0. The monoisotopic (exact) mass is 562 g/mol. The van der Waals surface area contributed by atoms with E-state index < -0.39 is 46.0 Å². The van der Waals surface area contributed by atoms with Crippen molar-refractivity contribution in [1.82, 2.24) is 15.5 Å². The van der Waals surface area contributed by atoms with Crippen LogP contribution in [0.25, 0.3) is 0 Å². The molecule has 11 nitrogen and oxygen atoms in total. The molecule has 3 N–H and O–H groups in total. The molecule has 0 radical (unpaired) electrons. The largest absolute Gasteiger partial charge is 0.496 e. The van der Waals surface area contributed by atoms with Crippen LogP contribution in [0.3, 0.4) is 0 Å². The molecular weight excluding hydrogens is 536 g/mol. The first kappa shape index (κ1) is 28.8. The summed E-state index contributed by atoms with van der Waals surface area (Å²) in [4.78, 5) is 50.3. The van der Waals surface area contributed by atoms with Gasteiger partial charge in [-0.3, -0.25) is 19.8 Å². The highest BCUT2D eigenvalue weighted by molar-refractivity contribution is 7.80. The van der Waals surface area contributed by atoms with Gasteiger partial charge in [0.15, 0.2) is 0 Å². The number of methoxy groups -OCH3 is 1. The summed E-state index contributed by atoms with van der Waals surface area (Å²) in [5, 5.41) is 27.0. The third kappa shape index (κ3) is 6.75. The summed E-state index contributed by atoms with van der Waals surface area (Å²) < 4.78 is 5.39. The number of amides is 3. The number of nitro benzene ring substituents is 1. The van der Waals surface area contributed by atoms with E-state index in [1.165, 1.54) is 13.2 Å². The average Bonchev–Trinajstić information content (AvgIpc) is 3.01. The zero-order valence-electron chi connectivity index (χ0n) is 20.7. The van der Waals surface area contributed by atoms with Crippen LogP contribution in [-0.4, -0.2) is 58.0 Å². The van der Waals surface area contributed by atoms with Gasteiger partial charge in [-0.1, -0.05) is 43.2 Å². The van der Waals surface area contributed by atoms with Gasteiger partial charge in [0, 0.05) is 17.6 Å². The number of nitrogens with zero attached hydrogens (tertiary/aromatic N) is 2. The van der Waals surface area contributed by atoms with Gasteiger partial charge in [0.05, 0.1) is 35.5 Å². The van der Waals surface area contributed by atoms with E-state index >= 15 is 0 Å². The number of benzene rings is 2. The third-order valence-electron chi connectivity index (χ3n) is 6.14. The lowest BCUT2D eigenvalue weighted by Crippen LogP contribution is -2.48. The number of thiocarbonyl (C=S) groups is 1. The number of rotatable bonds is 9. The number of hydrogen-bond donors (Lipinski definition) is 3. The Morgan fingerprint density at radius 3 is 2.71 bits per heavy atom. The first-order valence-corrected chi connectivity index (χ1v) is 12.6. The van der Waals surface area contributed by atoms with Crippen LogP contribution in [0.5, 0.6) is 5.75 Å². The van der Waals surface area contributed by atoms with Crippen molar-refractivity contribution in [2.45, 2.75) is 32.2 Å². The van der Waals surface area contributed by atoms with Crippen molar-refractivity contribution in [2.75, 3.05) is 20.2 Å². The lowest BCUT2D eigenvalue weighted by molar-refractivity contribution is -0.385. The molecule has 3 rings (SSSR count). The highest BCUT2D eigenvalue weighted by Crippen LogP contribution is 2.28. The average molecular weight is 563 g/mol. The van der Waals surface area contributed by atoms with Crippen molar-refractivity contribution in [3.05, 3.63) is 68.2 Å². The number of carboxylic acids is 1. The second-order valence-corrected chi connectivity index (χ2v) is 9.64. The molecule has 3 amide bonds. The summed E-state index contributed by atoms with van der Waals surface area (Å²) in [6.45, 7) is 1.93. The van der Waals surface area contributed by atoms with Crippen LogP contribution in [0.4, 0.5) is 10.5 Å². The van der Waals surface area contributed by atoms with Gasteiger partial charge < -0.3 is 20.5 Å². The van der Waals surface area contributed by atoms with E-state index in [1.54, 1.807) is 18.2 Å². The second kappa shape index (κ2) is 12.7. The molecule has 0 bridgehead atoms. The Bertz CT molecular complexity index is 1270. The fourth-order valence-corrected chi connectivity index (χ4v) is 4.67. The zero-order valence-corrected chi connectivity index (χ0v) is 22.3. The van der Waals surface area contributed by atoms with Crippen LogP contribution >= 0.6 is 23.8 Å². The lowest BCUT2D eigenvalue weighted by Gasteiger charge is -2.26. The van der Waals surface area contributed by atoms with Crippen molar-refractivity contribution >= 4 is 52.4 Å². The number of nitrogens with one attached hydrogen (secondary N) is 2. The zero-order chi connectivity index (χ0) is 28.0. The number of nitro groups is 1. The molecule has 1 heterocycles. The summed E-state index contributed by atoms with van der Waals surface area (Å²) in [6.07, 6.45) is 1.23. The van der Waals surface area contributed by atoms with E-state index in [2.05, 4.69) is 10.6 Å². The Balaban J connectivity index is 1.87. The Morgan fingerprint density at radius 2 is 2.08 bits per heavy atom. The number of carbonyl (C=O) groups is 3. The van der Waals surface area contributed by atoms with Crippen LogP contribution in [0.15, 0.2) is 36.4 Å². The third-order valence-corrected chi connectivity index (χ3v) is 6.65. The van der Waals surface area contributed by atoms with E-state index in [1.807, 2.05) is 6.92 Å². The van der Waals surface area contributed by atoms with Gasteiger partial charge in [0.1, 0.15) is 11.3 Å². The molecular formula is C25H27ClN4O7S. The van der Waals surface area contributed by atoms with Crippen LogP contribution in [0.2, 0.25) is 5.02 Å². The van der Waals surface area contributed by atoms with Gasteiger partial charge in [-0.2, -0.15) is 0 Å². The number of aromatic carboxylic acids is 1. The molecule has 1 aliphatic rings. The van der Waals surface area contributed by atoms with Gasteiger partial charge in [0.25, 0.3) is 5.69 Å². The molecule has 38 heavy (non-hydrogen) atoms. The molecule has 0 unspecified atom stereocenters. The maximum absolute atomic E-state index is 13.5. The summed E-state index contributed by atoms with van der Waals surface area (Å²) in [6, 6.07) is 7.34. The summed E-state index contributed by atoms with van der Waals surface area (Å²) >= 11 is 11.4. The lowest BCUT2D eigenvalue weighted by atomic mass is 9.97. The molecule has 202 valence electrons. The van der Waals surface area contributed by atoms with Crippen molar-refractivity contribution in [1.29, 1.82) is 0 Å². The van der Waals surface area contributed by atoms with Crippen molar-refractivity contribution in [3.63, 3.8) is 0 Å². The van der Waals surface area contributed by atoms with E-state index in [9.17, 15) is 29.6 Å². The van der Waals surface area contributed by atoms with Crippen molar-refractivity contribution in [3.8, 4) is 5.75 Å². The van der Waals surface area contributed by atoms with Gasteiger partial charge in [-0.25, -0.2) is 9.59 Å². The number of hydrogen-bond acceptors (Lipinski definition) is 7. The summed E-state index contributed by atoms with van der Waals surface area (Å²) in [7, 11) is 1.51. The molecule has 2 atom stereocenters. The van der Waals surface area contributed by atoms with Crippen LogP contribution < -0.4 is 15.4 Å². The smallest absolute Gasteiger partial charge is 0.342 e. The van der Waals surface area contributed by atoms with Gasteiger partial charge in [-0.05, 0) is 48.2 Å². The fraction of sp³-hybridized carbons (Fsp3) is 0.360. The van der Waals surface area contributed by atoms with E-state index in [-0.39, 0.29) is 19.5 Å². The molecule has 0 saturated carbocycles. The standard InChI is InChI=1S/C25H27ClN4O7S/c1-3-4-19(14-5-7-18(24(32)33)20(11-14)30(35)36)28-25(34)29-13-22(38)27-12-16(23(29)31)9-15-10-17(26)6-8-21(15)37-2/h5-8,10-11,16,19H,3-4,9,12-13H2,1-2H3,(H,27,38)(H,28,34)(H,32,33)/t16-,19+/m0/s1. The molecule has 2 aromatic rings. The van der Waals surface area contributed by atoms with E-state index in [0.717, 1.165) is 17.0 Å². The molecule has 1 aliphatic heterocycles. The second-order valence-electron chi connectivity index (χ2n) is 8.72. The molecule has 1 fully saturated rings. The number of imide groups is 1. The molecule has 0 aromatic heterocycles. The minimum Gasteiger partial charge on any atom is -0.496 e. The molecule has 0 aliphatic carbocycles. The Kier molecular flexibility index (Phi) is 9.59. The number of carboxylic acid groups (broad SMARTS) is 1. The topological polar surface area (TPSA) is 151 Å². The Hall–Kier alpha value is -3.77. The van der Waals surface area contributed by atoms with Crippen LogP contribution in [0, 0.1) is 16.0 Å². The van der Waals surface area contributed by atoms with E-state index in [0.29, 0.717) is 39.7 Å². The van der Waals surface area contributed by atoms with E-state index in [4.69, 9.17) is 28.6 Å². The number of carbonyl (C=O) groups excluding carboxylic acids is 2. The predicted molar refractivity (Wildman–Crippen MR) is 144 cm³/mol. The fourth-order valence-electron chi connectivity index (χ4n) is 4.26. The predicted octanol–water partition coefficient (Wildman–Crippen LogP) is 4.12. The SMILES string of the molecule is CCC[C@@H](NC(=O)N1CC(=S)NC[C@H](Cc2cc(Cl)ccc2OC)C1=O)c1ccc(C(=O)O)c([N+](=O)[O-])c1. The van der Waals surface area contributed by atoms with Crippen molar-refractivity contribution < 1.29 is 29.2 Å². The Labute approximate surface area is 229 Å². The minimum atomic E-state index is -1.43. The highest BCUT2D eigenvalue weighted by atomic mass is 35.5.